The molecule has 15 nitrogen and oxygen atoms in total. The Balaban J connectivity index is 2.69. The van der Waals surface area contributed by atoms with E-state index >= 15 is 0 Å². The van der Waals surface area contributed by atoms with Crippen molar-refractivity contribution in [2.75, 3.05) is 24.6 Å². The van der Waals surface area contributed by atoms with E-state index in [1.807, 2.05) is 0 Å². The summed E-state index contributed by atoms with van der Waals surface area (Å²) >= 11 is 0. The second-order valence-corrected chi connectivity index (χ2v) is 9.44. The summed E-state index contributed by atoms with van der Waals surface area (Å²) in [5, 5.41) is 30.9. The van der Waals surface area contributed by atoms with Crippen LogP contribution in [-0.4, -0.2) is 88.0 Å². The maximum absolute atomic E-state index is 12.2. The molecule has 0 aliphatic carbocycles. The van der Waals surface area contributed by atoms with Crippen LogP contribution in [0.25, 0.3) is 0 Å². The van der Waals surface area contributed by atoms with Crippen molar-refractivity contribution >= 4 is 33.3 Å². The Kier molecular flexibility index (Phi) is 8.28. The van der Waals surface area contributed by atoms with E-state index in [0.29, 0.717) is 4.90 Å². The zero-order valence-electron chi connectivity index (χ0n) is 16.5. The van der Waals surface area contributed by atoms with Gasteiger partial charge in [-0.1, -0.05) is 0 Å². The van der Waals surface area contributed by atoms with Crippen molar-refractivity contribution in [3.8, 4) is 0 Å². The summed E-state index contributed by atoms with van der Waals surface area (Å²) in [6.07, 6.45) is -0.931. The minimum absolute atomic E-state index is 0.0324. The topological polar surface area (TPSA) is 238 Å². The fourth-order valence-electron chi connectivity index (χ4n) is 2.80. The van der Waals surface area contributed by atoms with Gasteiger partial charge in [-0.15, -0.1) is 0 Å². The number of amides is 1. The lowest BCUT2D eigenvalue weighted by Gasteiger charge is -2.35. The first-order valence-corrected chi connectivity index (χ1v) is 10.7. The van der Waals surface area contributed by atoms with Crippen LogP contribution >= 0.6 is 0 Å². The van der Waals surface area contributed by atoms with Crippen molar-refractivity contribution in [1.82, 2.24) is 4.90 Å². The number of aliphatic carboxylic acids is 1. The molecule has 1 heterocycles. The first-order chi connectivity index (χ1) is 14.1. The minimum atomic E-state index is -4.36. The van der Waals surface area contributed by atoms with Gasteiger partial charge in [0.25, 0.3) is 0 Å². The van der Waals surface area contributed by atoms with Crippen LogP contribution in [0, 0.1) is 26.1 Å². The monoisotopic (exact) mass is 466 g/mol. The summed E-state index contributed by atoms with van der Waals surface area (Å²) in [5.74, 6) is -7.67. The van der Waals surface area contributed by atoms with Gasteiger partial charge in [-0.25, -0.2) is 8.42 Å². The molecular formula is C15H22N4O11S. The van der Waals surface area contributed by atoms with E-state index in [1.165, 1.54) is 6.92 Å². The van der Waals surface area contributed by atoms with E-state index < -0.39 is 86.0 Å². The molecule has 0 aromatic carbocycles. The average molecular weight is 466 g/mol. The number of ketones is 2. The number of hydrogen-bond acceptors (Lipinski definition) is 11. The third kappa shape index (κ3) is 6.74. The molecule has 2 atom stereocenters. The highest BCUT2D eigenvalue weighted by Gasteiger charge is 2.67. The van der Waals surface area contributed by atoms with Gasteiger partial charge in [-0.05, 0) is 13.3 Å². The molecule has 1 saturated heterocycles. The van der Waals surface area contributed by atoms with Crippen molar-refractivity contribution in [3.63, 3.8) is 0 Å². The first kappa shape index (κ1) is 26.0. The van der Waals surface area contributed by atoms with E-state index in [-0.39, 0.29) is 18.6 Å². The lowest BCUT2D eigenvalue weighted by Crippen LogP contribution is -2.71. The van der Waals surface area contributed by atoms with Gasteiger partial charge in [0.15, 0.2) is 22.9 Å². The van der Waals surface area contributed by atoms with Gasteiger partial charge < -0.3 is 15.7 Å². The molecule has 1 rings (SSSR count). The van der Waals surface area contributed by atoms with Gasteiger partial charge in [-0.3, -0.25) is 39.4 Å². The molecule has 1 aliphatic rings. The Labute approximate surface area is 175 Å². The Morgan fingerprint density at radius 1 is 1.16 bits per heavy atom. The molecule has 174 valence electrons. The van der Waals surface area contributed by atoms with Gasteiger partial charge in [0.1, 0.15) is 27.2 Å². The van der Waals surface area contributed by atoms with Crippen molar-refractivity contribution < 1.29 is 42.5 Å². The summed E-state index contributed by atoms with van der Waals surface area (Å²) in [6.45, 7) is -0.616. The average Bonchev–Trinajstić information content (AvgIpc) is 2.56. The van der Waals surface area contributed by atoms with E-state index in [9.17, 15) is 52.9 Å². The van der Waals surface area contributed by atoms with Gasteiger partial charge in [0.05, 0.1) is 17.7 Å². The lowest BCUT2D eigenvalue weighted by molar-refractivity contribution is -0.809. The molecule has 0 aromatic rings. The first-order valence-electron chi connectivity index (χ1n) is 8.89. The maximum atomic E-state index is 12.2. The van der Waals surface area contributed by atoms with Crippen LogP contribution in [0.5, 0.6) is 0 Å². The highest BCUT2D eigenvalue weighted by Crippen LogP contribution is 2.25. The standard InChI is InChI=1S/C15H22N4O11S/c1-9(20)12(16)3-2-11(21)4-10(14(23)24)5-31(29,30)6-13(22)17-7-15(8-17,18(25)26)19(27)28/h10,12H,2-8,16H2,1H3,(H,23,24)/t10-,12?/m0/s1. The summed E-state index contributed by atoms with van der Waals surface area (Å²) in [6, 6.07) is -0.907. The lowest BCUT2D eigenvalue weighted by atomic mass is 9.99. The second kappa shape index (κ2) is 9.86. The summed E-state index contributed by atoms with van der Waals surface area (Å²) in [5.41, 5.74) is 2.87. The number of carboxylic acids is 1. The molecular weight excluding hydrogens is 444 g/mol. The van der Waals surface area contributed by atoms with E-state index in [0.717, 1.165) is 0 Å². The zero-order chi connectivity index (χ0) is 24.1. The van der Waals surface area contributed by atoms with Crippen molar-refractivity contribution in [2.45, 2.75) is 37.9 Å². The Hall–Kier alpha value is -3.01. The third-order valence-electron chi connectivity index (χ3n) is 4.80. The van der Waals surface area contributed by atoms with Gasteiger partial charge in [-0.2, -0.15) is 0 Å². The molecule has 1 unspecified atom stereocenters. The third-order valence-corrected chi connectivity index (χ3v) is 6.40. The molecule has 3 N–H and O–H groups in total. The van der Waals surface area contributed by atoms with Crippen molar-refractivity contribution in [3.05, 3.63) is 20.2 Å². The number of likely N-dealkylation sites (tertiary alicyclic amines) is 1. The molecule has 16 heteroatoms. The highest BCUT2D eigenvalue weighted by atomic mass is 32.2. The number of carbonyl (C=O) groups is 4. The normalized spacial score (nSPS) is 17.2. The van der Waals surface area contributed by atoms with Crippen LogP contribution in [0.4, 0.5) is 0 Å². The Bertz CT molecular complexity index is 879. The number of hydrogen-bond donors (Lipinski definition) is 2. The van der Waals surface area contributed by atoms with Crippen molar-refractivity contribution in [1.29, 1.82) is 0 Å². The Morgan fingerprint density at radius 3 is 2.10 bits per heavy atom. The predicted molar refractivity (Wildman–Crippen MR) is 101 cm³/mol. The van der Waals surface area contributed by atoms with Crippen LogP contribution in [0.15, 0.2) is 0 Å². The van der Waals surface area contributed by atoms with Crippen LogP contribution in [0.2, 0.25) is 0 Å². The highest BCUT2D eigenvalue weighted by molar-refractivity contribution is 7.92. The molecule has 1 aliphatic heterocycles. The molecule has 0 saturated carbocycles. The van der Waals surface area contributed by atoms with Crippen LogP contribution in [-0.2, 0) is 29.0 Å². The molecule has 1 fully saturated rings. The number of nitrogens with two attached hydrogens (primary N) is 1. The van der Waals surface area contributed by atoms with Gasteiger partial charge in [0.2, 0.25) is 5.91 Å². The number of nitro groups is 2. The number of carboxylic acid groups (broad SMARTS) is 1. The molecule has 0 radical (unpaired) electrons. The fourth-order valence-corrected chi connectivity index (χ4v) is 4.35. The molecule has 0 bridgehead atoms. The number of sulfone groups is 1. The van der Waals surface area contributed by atoms with Crippen molar-refractivity contribution in [2.24, 2.45) is 11.7 Å². The zero-order valence-corrected chi connectivity index (χ0v) is 17.3. The Morgan fingerprint density at radius 2 is 1.68 bits per heavy atom. The smallest absolute Gasteiger partial charge is 0.481 e. The molecule has 0 spiro atoms. The van der Waals surface area contributed by atoms with Gasteiger partial charge in [0, 0.05) is 12.8 Å². The SMILES string of the molecule is CC(=O)C(N)CCC(=O)C[C@@H](CS(=O)(=O)CC(=O)N1CC([N+](=O)[O-])([N+](=O)[O-])C1)C(=O)O. The molecule has 31 heavy (non-hydrogen) atoms. The van der Waals surface area contributed by atoms with E-state index in [1.54, 1.807) is 0 Å². The molecule has 1 amide bonds. The second-order valence-electron chi connectivity index (χ2n) is 7.33. The maximum Gasteiger partial charge on any atom is 0.492 e. The van der Waals surface area contributed by atoms with E-state index in [2.05, 4.69) is 0 Å². The minimum Gasteiger partial charge on any atom is -0.481 e. The summed E-state index contributed by atoms with van der Waals surface area (Å²) in [4.78, 5) is 66.3. The van der Waals surface area contributed by atoms with Crippen LogP contribution < -0.4 is 5.73 Å². The van der Waals surface area contributed by atoms with Crippen LogP contribution in [0.3, 0.4) is 0 Å². The largest absolute Gasteiger partial charge is 0.492 e. The number of rotatable bonds is 13. The fraction of sp³-hybridized carbons (Fsp3) is 0.733. The summed E-state index contributed by atoms with van der Waals surface area (Å²) in [7, 11) is -4.36. The predicted octanol–water partition coefficient (Wildman–Crippen LogP) is -2.15. The van der Waals surface area contributed by atoms with Crippen LogP contribution in [0.1, 0.15) is 26.2 Å². The number of Topliss-reactive ketones (excluding diaryl/α,β-unsaturated/α-hetero) is 2. The number of nitrogens with zero attached hydrogens (tertiary/aromatic N) is 3. The van der Waals surface area contributed by atoms with E-state index in [4.69, 9.17) is 5.73 Å². The molecule has 0 aromatic heterocycles. The quantitative estimate of drug-likeness (QED) is 0.168. The summed E-state index contributed by atoms with van der Waals surface area (Å²) < 4.78 is 24.4. The van der Waals surface area contributed by atoms with Gasteiger partial charge >= 0.3 is 11.6 Å². The number of carbonyl (C=O) groups excluding carboxylic acids is 3.